The van der Waals surface area contributed by atoms with E-state index in [1.807, 2.05) is 0 Å². The van der Waals surface area contributed by atoms with Crippen LogP contribution in [0.1, 0.15) is 19.3 Å². The highest BCUT2D eigenvalue weighted by Crippen LogP contribution is 2.51. The zero-order valence-corrected chi connectivity index (χ0v) is 9.16. The lowest BCUT2D eigenvalue weighted by atomic mass is 9.91. The van der Waals surface area contributed by atoms with Crippen molar-refractivity contribution in [3.05, 3.63) is 30.3 Å². The fraction of sp³-hybridized carbons (Fsp3) is 0.538. The van der Waals surface area contributed by atoms with Crippen LogP contribution >= 0.6 is 0 Å². The van der Waals surface area contributed by atoms with Crippen LogP contribution in [0.4, 0.5) is 5.69 Å². The van der Waals surface area contributed by atoms with Crippen LogP contribution < -0.4 is 5.01 Å². The average Bonchev–Trinajstić information content (AvgIpc) is 3.03. The molecule has 82 valence electrons. The van der Waals surface area contributed by atoms with Gasteiger partial charge in [0.25, 0.3) is 0 Å². The van der Waals surface area contributed by atoms with Crippen LogP contribution in [0.3, 0.4) is 0 Å². The van der Waals surface area contributed by atoms with Crippen LogP contribution in [-0.2, 0) is 0 Å². The van der Waals surface area contributed by atoms with Gasteiger partial charge in [-0.3, -0.25) is 0 Å². The summed E-state index contributed by atoms with van der Waals surface area (Å²) in [5.74, 6) is 1.64. The predicted octanol–water partition coefficient (Wildman–Crippen LogP) is 3.04. The molecule has 0 N–H and O–H groups in total. The summed E-state index contributed by atoms with van der Waals surface area (Å²) < 4.78 is 0. The van der Waals surface area contributed by atoms with Gasteiger partial charge in [-0.2, -0.15) is 5.11 Å². The number of hydrogen-bond donors (Lipinski definition) is 0. The Morgan fingerprint density at radius 2 is 1.88 bits per heavy atom. The van der Waals surface area contributed by atoms with E-state index in [1.54, 1.807) is 0 Å². The molecule has 2 aliphatic carbocycles. The van der Waals surface area contributed by atoms with Crippen LogP contribution in [-0.4, -0.2) is 12.1 Å². The van der Waals surface area contributed by atoms with Crippen LogP contribution in [0.5, 0.6) is 0 Å². The fourth-order valence-electron chi connectivity index (χ4n) is 3.72. The fourth-order valence-corrected chi connectivity index (χ4v) is 3.72. The van der Waals surface area contributed by atoms with Gasteiger partial charge < -0.3 is 0 Å². The number of fused-ring (bicyclic) bond motifs is 5. The smallest absolute Gasteiger partial charge is 0.0985 e. The van der Waals surface area contributed by atoms with Crippen LogP contribution in [0.15, 0.2) is 40.7 Å². The topological polar surface area (TPSA) is 28.0 Å². The third-order valence-corrected chi connectivity index (χ3v) is 4.41. The van der Waals surface area contributed by atoms with Crippen molar-refractivity contribution in [1.29, 1.82) is 0 Å². The molecular formula is C13H15N3. The zero-order valence-electron chi connectivity index (χ0n) is 9.16. The van der Waals surface area contributed by atoms with E-state index in [4.69, 9.17) is 0 Å². The summed E-state index contributed by atoms with van der Waals surface area (Å²) in [5.41, 5.74) is 1.20. The van der Waals surface area contributed by atoms with E-state index >= 15 is 0 Å². The van der Waals surface area contributed by atoms with Crippen molar-refractivity contribution in [2.24, 2.45) is 22.2 Å². The molecule has 4 rings (SSSR count). The lowest BCUT2D eigenvalue weighted by molar-refractivity contribution is 0.383. The van der Waals surface area contributed by atoms with Crippen molar-refractivity contribution >= 4 is 5.69 Å². The number of nitrogens with zero attached hydrogens (tertiary/aromatic N) is 3. The van der Waals surface area contributed by atoms with E-state index < -0.39 is 0 Å². The highest BCUT2D eigenvalue weighted by atomic mass is 15.6. The highest BCUT2D eigenvalue weighted by Gasteiger charge is 2.53. The lowest BCUT2D eigenvalue weighted by Gasteiger charge is -2.28. The Morgan fingerprint density at radius 1 is 1.06 bits per heavy atom. The molecule has 0 amide bonds. The Kier molecular flexibility index (Phi) is 1.67. The van der Waals surface area contributed by atoms with Crippen LogP contribution in [0.2, 0.25) is 0 Å². The first-order valence-corrected chi connectivity index (χ1v) is 6.18. The molecule has 16 heavy (non-hydrogen) atoms. The summed E-state index contributed by atoms with van der Waals surface area (Å²) in [6.07, 6.45) is 4.12. The number of rotatable bonds is 1. The second kappa shape index (κ2) is 3.06. The molecule has 1 aliphatic heterocycles. The Labute approximate surface area is 95.1 Å². The standard InChI is InChI=1S/C13H15N3/c1-2-4-11(5-3-1)16-13-10-7-6-9(8-10)12(13)14-15-16/h1-5,9-10,12-13H,6-8H2. The van der Waals surface area contributed by atoms with Gasteiger partial charge in [0.05, 0.1) is 17.8 Å². The van der Waals surface area contributed by atoms with Gasteiger partial charge in [-0.05, 0) is 43.2 Å². The highest BCUT2D eigenvalue weighted by molar-refractivity contribution is 5.48. The van der Waals surface area contributed by atoms with Crippen molar-refractivity contribution in [3.8, 4) is 0 Å². The Bertz CT molecular complexity index is 428. The normalized spacial score (nSPS) is 39.4. The lowest BCUT2D eigenvalue weighted by Crippen LogP contribution is -2.39. The molecule has 0 spiro atoms. The minimum absolute atomic E-state index is 0.485. The van der Waals surface area contributed by atoms with Crippen molar-refractivity contribution in [1.82, 2.24) is 0 Å². The molecule has 1 aromatic carbocycles. The maximum atomic E-state index is 4.49. The zero-order chi connectivity index (χ0) is 10.5. The maximum Gasteiger partial charge on any atom is 0.0985 e. The molecular weight excluding hydrogens is 198 g/mol. The first-order chi connectivity index (χ1) is 7.93. The number of anilines is 1. The Balaban J connectivity index is 1.70. The van der Waals surface area contributed by atoms with Crippen LogP contribution in [0.25, 0.3) is 0 Å². The van der Waals surface area contributed by atoms with Gasteiger partial charge in [-0.15, -0.1) is 0 Å². The molecule has 1 aromatic rings. The van der Waals surface area contributed by atoms with Gasteiger partial charge in [0.2, 0.25) is 0 Å². The second-order valence-corrected chi connectivity index (χ2v) is 5.20. The summed E-state index contributed by atoms with van der Waals surface area (Å²) >= 11 is 0. The van der Waals surface area contributed by atoms with Gasteiger partial charge in [-0.1, -0.05) is 23.4 Å². The van der Waals surface area contributed by atoms with Crippen molar-refractivity contribution < 1.29 is 0 Å². The summed E-state index contributed by atoms with van der Waals surface area (Å²) in [7, 11) is 0. The quantitative estimate of drug-likeness (QED) is 0.704. The molecule has 3 aliphatic rings. The summed E-state index contributed by atoms with van der Waals surface area (Å²) in [6, 6.07) is 11.5. The van der Waals surface area contributed by atoms with E-state index in [0.29, 0.717) is 12.1 Å². The summed E-state index contributed by atoms with van der Waals surface area (Å²) in [5, 5.41) is 11.0. The van der Waals surface area contributed by atoms with E-state index in [-0.39, 0.29) is 0 Å². The first-order valence-electron chi connectivity index (χ1n) is 6.18. The largest absolute Gasteiger partial charge is 0.242 e. The monoisotopic (exact) mass is 213 g/mol. The van der Waals surface area contributed by atoms with E-state index in [9.17, 15) is 0 Å². The van der Waals surface area contributed by atoms with Crippen molar-refractivity contribution in [2.75, 3.05) is 5.01 Å². The average molecular weight is 213 g/mol. The van der Waals surface area contributed by atoms with Gasteiger partial charge >= 0.3 is 0 Å². The Hall–Kier alpha value is -1.38. The minimum atomic E-state index is 0.485. The minimum Gasteiger partial charge on any atom is -0.242 e. The maximum absolute atomic E-state index is 4.49. The van der Waals surface area contributed by atoms with Gasteiger partial charge in [0.15, 0.2) is 0 Å². The molecule has 3 nitrogen and oxygen atoms in total. The number of hydrogen-bond acceptors (Lipinski definition) is 3. The summed E-state index contributed by atoms with van der Waals surface area (Å²) in [6.45, 7) is 0. The van der Waals surface area contributed by atoms with Crippen LogP contribution in [0, 0.1) is 11.8 Å². The molecule has 1 heterocycles. The molecule has 4 unspecified atom stereocenters. The van der Waals surface area contributed by atoms with Gasteiger partial charge in [-0.25, -0.2) is 5.01 Å². The molecule has 0 saturated heterocycles. The SMILES string of the molecule is c1ccc(N2N=NC3C4CCC(C4)C32)cc1. The van der Waals surface area contributed by atoms with Gasteiger partial charge in [0, 0.05) is 0 Å². The Morgan fingerprint density at radius 3 is 2.75 bits per heavy atom. The molecule has 3 heteroatoms. The summed E-state index contributed by atoms with van der Waals surface area (Å²) in [4.78, 5) is 0. The third kappa shape index (κ3) is 1.03. The van der Waals surface area contributed by atoms with Crippen molar-refractivity contribution in [2.45, 2.75) is 31.3 Å². The van der Waals surface area contributed by atoms with Crippen molar-refractivity contribution in [3.63, 3.8) is 0 Å². The third-order valence-electron chi connectivity index (χ3n) is 4.41. The molecule has 0 radical (unpaired) electrons. The van der Waals surface area contributed by atoms with E-state index in [1.165, 1.54) is 24.9 Å². The van der Waals surface area contributed by atoms with Gasteiger partial charge in [0.1, 0.15) is 0 Å². The molecule has 0 aromatic heterocycles. The molecule has 4 atom stereocenters. The van der Waals surface area contributed by atoms with E-state index in [2.05, 4.69) is 45.7 Å². The molecule has 2 saturated carbocycles. The molecule has 2 bridgehead atoms. The van der Waals surface area contributed by atoms with E-state index in [0.717, 1.165) is 11.8 Å². The first kappa shape index (κ1) is 8.74. The number of para-hydroxylation sites is 1. The predicted molar refractivity (Wildman–Crippen MR) is 62.2 cm³/mol. The molecule has 2 fully saturated rings. The second-order valence-electron chi connectivity index (χ2n) is 5.20. The number of benzene rings is 1.